The number of nitrogens with zero attached hydrogens (tertiary/aromatic N) is 1. The van der Waals surface area contributed by atoms with E-state index >= 15 is 0 Å². The molecule has 0 bridgehead atoms. The molecule has 8 heteroatoms. The highest BCUT2D eigenvalue weighted by Gasteiger charge is 2.31. The standard InChI is InChI=1S/C23H26Cl3FN2O2/c1-5-20(22(31)28-23(2,3)4)29(13-14-9-10-15(24)11-18(14)26)21(30)12-16-17(25)7-6-8-19(16)27/h6-11,20H,5,12-13H2,1-4H3,(H,28,31)/t20-/m0/s1. The molecule has 0 radical (unpaired) electrons. The molecule has 0 unspecified atom stereocenters. The van der Waals surface area contributed by atoms with Crippen molar-refractivity contribution < 1.29 is 14.0 Å². The van der Waals surface area contributed by atoms with Crippen molar-refractivity contribution >= 4 is 46.6 Å². The van der Waals surface area contributed by atoms with Gasteiger partial charge in [0.25, 0.3) is 0 Å². The molecule has 0 heterocycles. The van der Waals surface area contributed by atoms with E-state index < -0.39 is 23.3 Å². The summed E-state index contributed by atoms with van der Waals surface area (Å²) in [6.07, 6.45) is 0.0832. The first-order valence-electron chi connectivity index (χ1n) is 9.91. The molecular weight excluding hydrogens is 462 g/mol. The van der Waals surface area contributed by atoms with Crippen molar-refractivity contribution in [3.63, 3.8) is 0 Å². The molecule has 31 heavy (non-hydrogen) atoms. The number of carbonyl (C=O) groups excluding carboxylic acids is 2. The average molecular weight is 488 g/mol. The van der Waals surface area contributed by atoms with Gasteiger partial charge in [-0.15, -0.1) is 0 Å². The number of nitrogens with one attached hydrogen (secondary N) is 1. The lowest BCUT2D eigenvalue weighted by Crippen LogP contribution is -2.53. The molecule has 0 spiro atoms. The predicted molar refractivity (Wildman–Crippen MR) is 124 cm³/mol. The summed E-state index contributed by atoms with van der Waals surface area (Å²) < 4.78 is 14.3. The fraction of sp³-hybridized carbons (Fsp3) is 0.391. The SMILES string of the molecule is CC[C@@H](C(=O)NC(C)(C)C)N(Cc1ccc(Cl)cc1Cl)C(=O)Cc1c(F)cccc1Cl. The first kappa shape index (κ1) is 25.4. The molecule has 1 N–H and O–H groups in total. The van der Waals surface area contributed by atoms with Crippen molar-refractivity contribution in [3.8, 4) is 0 Å². The quantitative estimate of drug-likeness (QED) is 0.517. The molecule has 0 aliphatic heterocycles. The molecule has 0 saturated carbocycles. The topological polar surface area (TPSA) is 49.4 Å². The Bertz CT molecular complexity index is 940. The largest absolute Gasteiger partial charge is 0.350 e. The minimum atomic E-state index is -0.774. The van der Waals surface area contributed by atoms with E-state index in [0.29, 0.717) is 22.0 Å². The third-order valence-electron chi connectivity index (χ3n) is 4.63. The van der Waals surface area contributed by atoms with Gasteiger partial charge in [0.05, 0.1) is 6.42 Å². The summed E-state index contributed by atoms with van der Waals surface area (Å²) in [5.74, 6) is -1.31. The van der Waals surface area contributed by atoms with E-state index in [1.54, 1.807) is 18.2 Å². The highest BCUT2D eigenvalue weighted by Crippen LogP contribution is 2.26. The molecule has 0 aliphatic carbocycles. The Morgan fingerprint density at radius 3 is 2.32 bits per heavy atom. The average Bonchev–Trinajstić information content (AvgIpc) is 2.64. The van der Waals surface area contributed by atoms with Crippen LogP contribution in [0.2, 0.25) is 15.1 Å². The molecular formula is C23H26Cl3FN2O2. The van der Waals surface area contributed by atoms with Crippen molar-refractivity contribution in [3.05, 3.63) is 68.4 Å². The van der Waals surface area contributed by atoms with Crippen molar-refractivity contribution in [1.82, 2.24) is 10.2 Å². The van der Waals surface area contributed by atoms with Crippen LogP contribution in [-0.4, -0.2) is 28.3 Å². The summed E-state index contributed by atoms with van der Waals surface area (Å²) >= 11 is 18.4. The fourth-order valence-corrected chi connectivity index (χ4v) is 3.86. The molecule has 0 saturated heterocycles. The van der Waals surface area contributed by atoms with E-state index in [1.165, 1.54) is 23.1 Å². The van der Waals surface area contributed by atoms with Crippen molar-refractivity contribution in [2.45, 2.75) is 58.7 Å². The second kappa shape index (κ2) is 10.7. The molecule has 2 amide bonds. The maximum Gasteiger partial charge on any atom is 0.243 e. The van der Waals surface area contributed by atoms with Gasteiger partial charge in [-0.1, -0.05) is 53.9 Å². The molecule has 168 valence electrons. The summed E-state index contributed by atoms with van der Waals surface area (Å²) in [5.41, 5.74) is 0.236. The van der Waals surface area contributed by atoms with Gasteiger partial charge in [0.2, 0.25) is 11.8 Å². The van der Waals surface area contributed by atoms with Crippen molar-refractivity contribution in [2.75, 3.05) is 0 Å². The highest BCUT2D eigenvalue weighted by molar-refractivity contribution is 6.35. The number of carbonyl (C=O) groups is 2. The third-order valence-corrected chi connectivity index (χ3v) is 5.57. The van der Waals surface area contributed by atoms with Crippen LogP contribution >= 0.6 is 34.8 Å². The first-order chi connectivity index (χ1) is 14.4. The van der Waals surface area contributed by atoms with Crippen LogP contribution in [0.25, 0.3) is 0 Å². The lowest BCUT2D eigenvalue weighted by atomic mass is 10.0. The van der Waals surface area contributed by atoms with Crippen LogP contribution in [0.5, 0.6) is 0 Å². The number of hydrogen-bond donors (Lipinski definition) is 1. The van der Waals surface area contributed by atoms with Gasteiger partial charge in [0, 0.05) is 32.7 Å². The zero-order valence-corrected chi connectivity index (χ0v) is 20.2. The molecule has 0 aromatic heterocycles. The minimum Gasteiger partial charge on any atom is -0.350 e. The molecule has 0 aliphatic rings. The predicted octanol–water partition coefficient (Wildman–Crippen LogP) is 6.05. The Labute approximate surface area is 197 Å². The van der Waals surface area contributed by atoms with Gasteiger partial charge in [-0.05, 0) is 57.0 Å². The van der Waals surface area contributed by atoms with Crippen LogP contribution in [0.3, 0.4) is 0 Å². The van der Waals surface area contributed by atoms with Gasteiger partial charge in [-0.3, -0.25) is 9.59 Å². The molecule has 2 aromatic carbocycles. The summed E-state index contributed by atoms with van der Waals surface area (Å²) in [5, 5.41) is 3.91. The monoisotopic (exact) mass is 486 g/mol. The van der Waals surface area contributed by atoms with E-state index in [-0.39, 0.29) is 29.5 Å². The Hall–Kier alpha value is -1.82. The number of benzene rings is 2. The summed E-state index contributed by atoms with van der Waals surface area (Å²) in [4.78, 5) is 27.7. The summed E-state index contributed by atoms with van der Waals surface area (Å²) in [7, 11) is 0. The first-order valence-corrected chi connectivity index (χ1v) is 11.0. The number of amides is 2. The Balaban J connectivity index is 2.42. The maximum absolute atomic E-state index is 14.3. The minimum absolute atomic E-state index is 0.0664. The summed E-state index contributed by atoms with van der Waals surface area (Å²) in [6.45, 7) is 7.46. The number of halogens is 4. The highest BCUT2D eigenvalue weighted by atomic mass is 35.5. The third kappa shape index (κ3) is 7.09. The van der Waals surface area contributed by atoms with E-state index in [1.807, 2.05) is 27.7 Å². The smallest absolute Gasteiger partial charge is 0.243 e. The Morgan fingerprint density at radius 2 is 1.77 bits per heavy atom. The molecule has 2 rings (SSSR count). The van der Waals surface area contributed by atoms with Gasteiger partial charge < -0.3 is 10.2 Å². The van der Waals surface area contributed by atoms with E-state index in [0.717, 1.165) is 0 Å². The van der Waals surface area contributed by atoms with Gasteiger partial charge in [-0.2, -0.15) is 0 Å². The van der Waals surface area contributed by atoms with E-state index in [4.69, 9.17) is 34.8 Å². The van der Waals surface area contributed by atoms with Crippen LogP contribution in [0.15, 0.2) is 36.4 Å². The van der Waals surface area contributed by atoms with E-state index in [2.05, 4.69) is 5.32 Å². The molecule has 2 aromatic rings. The zero-order chi connectivity index (χ0) is 23.3. The van der Waals surface area contributed by atoms with E-state index in [9.17, 15) is 14.0 Å². The van der Waals surface area contributed by atoms with Gasteiger partial charge >= 0.3 is 0 Å². The summed E-state index contributed by atoms with van der Waals surface area (Å²) in [6, 6.07) is 8.41. The number of hydrogen-bond acceptors (Lipinski definition) is 2. The van der Waals surface area contributed by atoms with Crippen LogP contribution in [0.4, 0.5) is 4.39 Å². The molecule has 1 atom stereocenters. The maximum atomic E-state index is 14.3. The second-order valence-corrected chi connectivity index (χ2v) is 9.55. The second-order valence-electron chi connectivity index (χ2n) is 8.30. The van der Waals surface area contributed by atoms with Gasteiger partial charge in [-0.25, -0.2) is 4.39 Å². The van der Waals surface area contributed by atoms with Gasteiger partial charge in [0.1, 0.15) is 11.9 Å². The molecule has 4 nitrogen and oxygen atoms in total. The normalized spacial score (nSPS) is 12.4. The zero-order valence-electron chi connectivity index (χ0n) is 17.9. The van der Waals surface area contributed by atoms with Crippen molar-refractivity contribution in [2.24, 2.45) is 0 Å². The van der Waals surface area contributed by atoms with Crippen LogP contribution in [0, 0.1) is 5.82 Å². The lowest BCUT2D eigenvalue weighted by Gasteiger charge is -2.33. The Morgan fingerprint density at radius 1 is 1.10 bits per heavy atom. The lowest BCUT2D eigenvalue weighted by molar-refractivity contribution is -0.141. The number of rotatable bonds is 7. The Kier molecular flexibility index (Phi) is 8.75. The van der Waals surface area contributed by atoms with Gasteiger partial charge in [0.15, 0.2) is 0 Å². The van der Waals surface area contributed by atoms with Crippen LogP contribution in [0.1, 0.15) is 45.2 Å². The molecule has 0 fully saturated rings. The van der Waals surface area contributed by atoms with Crippen LogP contribution in [-0.2, 0) is 22.6 Å². The fourth-order valence-electron chi connectivity index (χ4n) is 3.16. The van der Waals surface area contributed by atoms with Crippen molar-refractivity contribution in [1.29, 1.82) is 0 Å². The van der Waals surface area contributed by atoms with Crippen LogP contribution < -0.4 is 5.32 Å².